The fourth-order valence-corrected chi connectivity index (χ4v) is 2.19. The third-order valence-corrected chi connectivity index (χ3v) is 3.45. The van der Waals surface area contributed by atoms with E-state index in [1.165, 1.54) is 11.1 Å². The first-order valence-electron chi connectivity index (χ1n) is 7.63. The minimum Gasteiger partial charge on any atom is -0.496 e. The van der Waals surface area contributed by atoms with Crippen LogP contribution in [0, 0.1) is 6.92 Å². The number of nitrogens with one attached hydrogen (secondary N) is 1. The van der Waals surface area contributed by atoms with Gasteiger partial charge in [-0.15, -0.1) is 0 Å². The molecule has 1 unspecified atom stereocenters. The van der Waals surface area contributed by atoms with E-state index in [1.54, 1.807) is 14.2 Å². The van der Waals surface area contributed by atoms with Crippen LogP contribution in [0.15, 0.2) is 18.2 Å². The number of benzene rings is 1. The highest BCUT2D eigenvalue weighted by Crippen LogP contribution is 2.25. The predicted molar refractivity (Wildman–Crippen MR) is 86.1 cm³/mol. The number of ether oxygens (including phenoxy) is 3. The van der Waals surface area contributed by atoms with E-state index < -0.39 is 0 Å². The lowest BCUT2D eigenvalue weighted by Gasteiger charge is -2.18. The molecule has 0 aliphatic heterocycles. The largest absolute Gasteiger partial charge is 0.496 e. The highest BCUT2D eigenvalue weighted by molar-refractivity contribution is 5.38. The van der Waals surface area contributed by atoms with E-state index in [2.05, 4.69) is 31.3 Å². The second-order valence-corrected chi connectivity index (χ2v) is 5.23. The molecule has 1 aromatic rings. The minimum atomic E-state index is 0.286. The normalized spacial score (nSPS) is 12.4. The zero-order chi connectivity index (χ0) is 15.5. The molecule has 0 aliphatic carbocycles. The lowest BCUT2D eigenvalue weighted by Crippen LogP contribution is -2.21. The van der Waals surface area contributed by atoms with Crippen molar-refractivity contribution in [3.8, 4) is 5.75 Å². The second kappa shape index (κ2) is 10.6. The van der Waals surface area contributed by atoms with Crippen molar-refractivity contribution >= 4 is 0 Å². The Morgan fingerprint density at radius 3 is 2.62 bits per heavy atom. The van der Waals surface area contributed by atoms with Gasteiger partial charge in [0.05, 0.1) is 20.3 Å². The highest BCUT2D eigenvalue weighted by Gasteiger charge is 2.10. The maximum atomic E-state index is 5.45. The predicted octanol–water partition coefficient (Wildman–Crippen LogP) is 3.10. The fourth-order valence-electron chi connectivity index (χ4n) is 2.19. The van der Waals surface area contributed by atoms with Gasteiger partial charge >= 0.3 is 0 Å². The van der Waals surface area contributed by atoms with Crippen LogP contribution in [0.25, 0.3) is 0 Å². The van der Waals surface area contributed by atoms with Gasteiger partial charge in [-0.3, -0.25) is 0 Å². The van der Waals surface area contributed by atoms with Gasteiger partial charge in [-0.2, -0.15) is 0 Å². The van der Waals surface area contributed by atoms with Gasteiger partial charge < -0.3 is 19.5 Å². The molecule has 0 saturated heterocycles. The third-order valence-electron chi connectivity index (χ3n) is 3.45. The maximum Gasteiger partial charge on any atom is 0.123 e. The van der Waals surface area contributed by atoms with Crippen molar-refractivity contribution in [2.75, 3.05) is 40.6 Å². The molecule has 0 radical (unpaired) electrons. The Morgan fingerprint density at radius 1 is 1.10 bits per heavy atom. The standard InChI is InChI=1S/C17H29NO3/c1-14-7-8-17(20-4)16(13-14)15(2)18-9-5-6-10-21-12-11-19-3/h7-8,13,15,18H,5-6,9-12H2,1-4H3. The fraction of sp³-hybridized carbons (Fsp3) is 0.647. The molecular formula is C17H29NO3. The molecule has 4 heteroatoms. The van der Waals surface area contributed by atoms with Crippen molar-refractivity contribution in [1.29, 1.82) is 0 Å². The summed E-state index contributed by atoms with van der Waals surface area (Å²) < 4.78 is 15.8. The van der Waals surface area contributed by atoms with Crippen molar-refractivity contribution in [3.05, 3.63) is 29.3 Å². The van der Waals surface area contributed by atoms with E-state index in [0.29, 0.717) is 13.2 Å². The molecule has 0 amide bonds. The van der Waals surface area contributed by atoms with Crippen molar-refractivity contribution in [2.45, 2.75) is 32.7 Å². The molecule has 0 heterocycles. The Balaban J connectivity index is 2.24. The summed E-state index contributed by atoms with van der Waals surface area (Å²) in [6.07, 6.45) is 2.17. The van der Waals surface area contributed by atoms with Gasteiger partial charge in [0.2, 0.25) is 0 Å². The van der Waals surface area contributed by atoms with Crippen molar-refractivity contribution in [2.24, 2.45) is 0 Å². The van der Waals surface area contributed by atoms with Crippen molar-refractivity contribution < 1.29 is 14.2 Å². The summed E-state index contributed by atoms with van der Waals surface area (Å²) in [6, 6.07) is 6.58. The molecule has 4 nitrogen and oxygen atoms in total. The number of unbranched alkanes of at least 4 members (excludes halogenated alkanes) is 1. The van der Waals surface area contributed by atoms with Crippen LogP contribution in [0.4, 0.5) is 0 Å². The monoisotopic (exact) mass is 295 g/mol. The molecule has 0 aliphatic rings. The summed E-state index contributed by atoms with van der Waals surface area (Å²) in [5.41, 5.74) is 2.47. The first kappa shape index (κ1) is 18.0. The Labute approximate surface area is 128 Å². The number of aryl methyl sites for hydroxylation is 1. The molecule has 0 bridgehead atoms. The highest BCUT2D eigenvalue weighted by atomic mass is 16.5. The second-order valence-electron chi connectivity index (χ2n) is 5.23. The first-order valence-corrected chi connectivity index (χ1v) is 7.63. The third kappa shape index (κ3) is 6.93. The molecule has 21 heavy (non-hydrogen) atoms. The summed E-state index contributed by atoms with van der Waals surface area (Å²) in [5.74, 6) is 0.948. The van der Waals surface area contributed by atoms with Crippen LogP contribution >= 0.6 is 0 Å². The molecular weight excluding hydrogens is 266 g/mol. The summed E-state index contributed by atoms with van der Waals surface area (Å²) >= 11 is 0. The lowest BCUT2D eigenvalue weighted by atomic mass is 10.0. The molecule has 0 fully saturated rings. The molecule has 120 valence electrons. The maximum absolute atomic E-state index is 5.45. The van der Waals surface area contributed by atoms with Crippen LogP contribution in [0.3, 0.4) is 0 Å². The van der Waals surface area contributed by atoms with Crippen molar-refractivity contribution in [1.82, 2.24) is 5.32 Å². The van der Waals surface area contributed by atoms with Gasteiger partial charge in [0.25, 0.3) is 0 Å². The lowest BCUT2D eigenvalue weighted by molar-refractivity contribution is 0.0687. The van der Waals surface area contributed by atoms with E-state index in [0.717, 1.165) is 31.7 Å². The average molecular weight is 295 g/mol. The van der Waals surface area contributed by atoms with Gasteiger partial charge in [0, 0.05) is 25.3 Å². The molecule has 0 spiro atoms. The summed E-state index contributed by atoms with van der Waals surface area (Å²) in [6.45, 7) is 7.40. The average Bonchev–Trinajstić information content (AvgIpc) is 2.49. The molecule has 1 rings (SSSR count). The Kier molecular flexibility index (Phi) is 9.06. The van der Waals surface area contributed by atoms with Gasteiger partial charge in [-0.25, -0.2) is 0 Å². The topological polar surface area (TPSA) is 39.7 Å². The van der Waals surface area contributed by atoms with Crippen LogP contribution < -0.4 is 10.1 Å². The number of hydrogen-bond acceptors (Lipinski definition) is 4. The minimum absolute atomic E-state index is 0.286. The zero-order valence-corrected chi connectivity index (χ0v) is 13.8. The Bertz CT molecular complexity index is 396. The van der Waals surface area contributed by atoms with E-state index in [4.69, 9.17) is 14.2 Å². The van der Waals surface area contributed by atoms with Crippen LogP contribution in [-0.2, 0) is 9.47 Å². The van der Waals surface area contributed by atoms with Crippen LogP contribution in [0.5, 0.6) is 5.75 Å². The number of hydrogen-bond donors (Lipinski definition) is 1. The van der Waals surface area contributed by atoms with Gasteiger partial charge in [0.1, 0.15) is 5.75 Å². The first-order chi connectivity index (χ1) is 10.2. The van der Waals surface area contributed by atoms with Gasteiger partial charge in [0.15, 0.2) is 0 Å². The summed E-state index contributed by atoms with van der Waals surface area (Å²) in [5, 5.41) is 3.54. The van der Waals surface area contributed by atoms with Crippen LogP contribution in [-0.4, -0.2) is 40.6 Å². The summed E-state index contributed by atoms with van der Waals surface area (Å²) in [7, 11) is 3.41. The quantitative estimate of drug-likeness (QED) is 0.637. The van der Waals surface area contributed by atoms with Crippen LogP contribution in [0.1, 0.15) is 36.9 Å². The van der Waals surface area contributed by atoms with Gasteiger partial charge in [-0.05, 0) is 39.3 Å². The molecule has 0 aromatic heterocycles. The summed E-state index contributed by atoms with van der Waals surface area (Å²) in [4.78, 5) is 0. The molecule has 1 atom stereocenters. The van der Waals surface area contributed by atoms with E-state index >= 15 is 0 Å². The van der Waals surface area contributed by atoms with Crippen LogP contribution in [0.2, 0.25) is 0 Å². The van der Waals surface area contributed by atoms with Gasteiger partial charge in [-0.1, -0.05) is 17.7 Å². The molecule has 1 aromatic carbocycles. The SMILES string of the molecule is COCCOCCCCNC(C)c1cc(C)ccc1OC. The molecule has 0 saturated carbocycles. The number of methoxy groups -OCH3 is 2. The molecule has 1 N–H and O–H groups in total. The van der Waals surface area contributed by atoms with E-state index in [1.807, 2.05) is 6.07 Å². The number of rotatable bonds is 11. The van der Waals surface area contributed by atoms with E-state index in [9.17, 15) is 0 Å². The van der Waals surface area contributed by atoms with E-state index in [-0.39, 0.29) is 6.04 Å². The Hall–Kier alpha value is -1.10. The van der Waals surface area contributed by atoms with Crippen molar-refractivity contribution in [3.63, 3.8) is 0 Å². The smallest absolute Gasteiger partial charge is 0.123 e. The Morgan fingerprint density at radius 2 is 1.90 bits per heavy atom. The zero-order valence-electron chi connectivity index (χ0n) is 13.8.